The van der Waals surface area contributed by atoms with Crippen LogP contribution in [0.3, 0.4) is 0 Å². The number of unbranched alkanes of at least 4 members (excludes halogenated alkanes) is 9. The highest BCUT2D eigenvalue weighted by Crippen LogP contribution is 2.18. The van der Waals surface area contributed by atoms with E-state index in [-0.39, 0.29) is 24.5 Å². The van der Waals surface area contributed by atoms with Crippen LogP contribution in [-0.4, -0.2) is 31.7 Å². The Balaban J connectivity index is 0. The Kier molecular flexibility index (Phi) is 23.5. The quantitative estimate of drug-likeness (QED) is 0.150. The third kappa shape index (κ3) is 20.1. The SMILES string of the molecule is C=C(C(=O)OCCN)C(CC)CC.C=C(C)C(=O)OCCCCCCCCCCCC. The van der Waals surface area contributed by atoms with Crippen LogP contribution in [0, 0.1) is 5.92 Å². The minimum Gasteiger partial charge on any atom is -0.462 e. The van der Waals surface area contributed by atoms with Crippen molar-refractivity contribution in [1.82, 2.24) is 0 Å². The molecule has 0 aromatic carbocycles. The zero-order chi connectivity index (χ0) is 23.9. The van der Waals surface area contributed by atoms with Crippen molar-refractivity contribution in [1.29, 1.82) is 0 Å². The zero-order valence-electron chi connectivity index (χ0n) is 20.8. The Labute approximate surface area is 191 Å². The van der Waals surface area contributed by atoms with Gasteiger partial charge in [-0.15, -0.1) is 0 Å². The molecule has 0 aliphatic carbocycles. The molecule has 182 valence electrons. The van der Waals surface area contributed by atoms with E-state index in [0.29, 0.717) is 24.3 Å². The maximum atomic E-state index is 11.3. The molecule has 0 aromatic heterocycles. The van der Waals surface area contributed by atoms with Crippen LogP contribution in [0.4, 0.5) is 0 Å². The van der Waals surface area contributed by atoms with E-state index < -0.39 is 0 Å². The molecule has 0 aliphatic heterocycles. The first kappa shape index (κ1) is 31.6. The molecule has 0 rings (SSSR count). The third-order valence-corrected chi connectivity index (χ3v) is 5.17. The first-order valence-electron chi connectivity index (χ1n) is 12.2. The summed E-state index contributed by atoms with van der Waals surface area (Å²) in [6.07, 6.45) is 14.8. The highest BCUT2D eigenvalue weighted by Gasteiger charge is 2.16. The smallest absolute Gasteiger partial charge is 0.333 e. The molecule has 31 heavy (non-hydrogen) atoms. The van der Waals surface area contributed by atoms with Crippen LogP contribution in [-0.2, 0) is 19.1 Å². The number of carbonyl (C=O) groups excluding carboxylic acids is 2. The summed E-state index contributed by atoms with van der Waals surface area (Å²) in [5.74, 6) is -0.324. The number of esters is 2. The second-order valence-corrected chi connectivity index (χ2v) is 8.06. The van der Waals surface area contributed by atoms with E-state index >= 15 is 0 Å². The van der Waals surface area contributed by atoms with Crippen molar-refractivity contribution in [2.45, 2.75) is 105 Å². The lowest BCUT2D eigenvalue weighted by Crippen LogP contribution is -2.18. The summed E-state index contributed by atoms with van der Waals surface area (Å²) in [5, 5.41) is 0. The largest absolute Gasteiger partial charge is 0.462 e. The molecule has 5 nitrogen and oxygen atoms in total. The molecule has 0 spiro atoms. The van der Waals surface area contributed by atoms with Gasteiger partial charge in [0.15, 0.2) is 0 Å². The average molecular weight is 440 g/mol. The summed E-state index contributed by atoms with van der Waals surface area (Å²) in [7, 11) is 0. The van der Waals surface area contributed by atoms with Crippen molar-refractivity contribution in [2.24, 2.45) is 11.7 Å². The minimum atomic E-state index is -0.306. The van der Waals surface area contributed by atoms with E-state index in [1.54, 1.807) is 6.92 Å². The molecule has 0 radical (unpaired) electrons. The monoisotopic (exact) mass is 439 g/mol. The van der Waals surface area contributed by atoms with Crippen molar-refractivity contribution in [3.05, 3.63) is 24.3 Å². The molecule has 0 aromatic rings. The summed E-state index contributed by atoms with van der Waals surface area (Å²) in [5.41, 5.74) is 6.27. The molecule has 0 aliphatic rings. The van der Waals surface area contributed by atoms with Crippen molar-refractivity contribution in [3.63, 3.8) is 0 Å². The van der Waals surface area contributed by atoms with Crippen LogP contribution in [0.5, 0.6) is 0 Å². The Morgan fingerprint density at radius 1 is 0.742 bits per heavy atom. The summed E-state index contributed by atoms with van der Waals surface area (Å²) in [6.45, 7) is 16.5. The van der Waals surface area contributed by atoms with Gasteiger partial charge in [0, 0.05) is 17.7 Å². The van der Waals surface area contributed by atoms with E-state index in [2.05, 4.69) is 20.1 Å². The van der Waals surface area contributed by atoms with Crippen LogP contribution in [0.15, 0.2) is 24.3 Å². The van der Waals surface area contributed by atoms with Crippen LogP contribution in [0.25, 0.3) is 0 Å². The number of hydrogen-bond donors (Lipinski definition) is 1. The van der Waals surface area contributed by atoms with E-state index in [9.17, 15) is 9.59 Å². The molecule has 0 fully saturated rings. The summed E-state index contributed by atoms with van der Waals surface area (Å²) in [6, 6.07) is 0. The molecule has 2 N–H and O–H groups in total. The van der Waals surface area contributed by atoms with Crippen molar-refractivity contribution >= 4 is 11.9 Å². The summed E-state index contributed by atoms with van der Waals surface area (Å²) in [4.78, 5) is 22.4. The first-order chi connectivity index (χ1) is 14.8. The highest BCUT2D eigenvalue weighted by atomic mass is 16.5. The molecule has 0 saturated heterocycles. The Bertz CT molecular complexity index is 484. The predicted molar refractivity (Wildman–Crippen MR) is 131 cm³/mol. The minimum absolute atomic E-state index is 0.241. The van der Waals surface area contributed by atoms with Gasteiger partial charge in [0.05, 0.1) is 6.61 Å². The van der Waals surface area contributed by atoms with Crippen molar-refractivity contribution in [2.75, 3.05) is 19.8 Å². The van der Waals surface area contributed by atoms with Gasteiger partial charge in [-0.1, -0.05) is 91.7 Å². The molecule has 5 heteroatoms. The normalized spacial score (nSPS) is 10.3. The predicted octanol–water partition coefficient (Wildman–Crippen LogP) is 6.51. The van der Waals surface area contributed by atoms with Crippen LogP contribution in [0.1, 0.15) is 105 Å². The van der Waals surface area contributed by atoms with Gasteiger partial charge in [-0.25, -0.2) is 9.59 Å². The fourth-order valence-electron chi connectivity index (χ4n) is 3.07. The highest BCUT2D eigenvalue weighted by molar-refractivity contribution is 5.88. The lowest BCUT2D eigenvalue weighted by molar-refractivity contribution is -0.140. The molecule has 0 heterocycles. The zero-order valence-corrected chi connectivity index (χ0v) is 20.8. The lowest BCUT2D eigenvalue weighted by atomic mass is 9.95. The second kappa shape index (κ2) is 23.1. The van der Waals surface area contributed by atoms with E-state index in [4.69, 9.17) is 15.2 Å². The number of nitrogens with two attached hydrogens (primary N) is 1. The van der Waals surface area contributed by atoms with E-state index in [1.807, 2.05) is 13.8 Å². The van der Waals surface area contributed by atoms with Crippen molar-refractivity contribution in [3.8, 4) is 0 Å². The van der Waals surface area contributed by atoms with E-state index in [1.165, 1.54) is 57.8 Å². The molecular formula is C26H49NO4. The molecular weight excluding hydrogens is 390 g/mol. The summed E-state index contributed by atoms with van der Waals surface area (Å²) < 4.78 is 9.91. The standard InChI is InChI=1S/C16H30O2.C10H19NO2/c1-4-5-6-7-8-9-10-11-12-13-14-18-16(17)15(2)3;1-4-9(5-2)8(3)10(12)13-7-6-11/h2,4-14H2,1,3H3;9H,3-7,11H2,1-2H3. The van der Waals surface area contributed by atoms with Gasteiger partial charge in [-0.2, -0.15) is 0 Å². The van der Waals surface area contributed by atoms with Crippen LogP contribution >= 0.6 is 0 Å². The molecule has 0 amide bonds. The summed E-state index contributed by atoms with van der Waals surface area (Å²) >= 11 is 0. The van der Waals surface area contributed by atoms with Gasteiger partial charge in [0.2, 0.25) is 0 Å². The van der Waals surface area contributed by atoms with Gasteiger partial charge in [0.25, 0.3) is 0 Å². The fourth-order valence-corrected chi connectivity index (χ4v) is 3.07. The van der Waals surface area contributed by atoms with Gasteiger partial charge < -0.3 is 15.2 Å². The van der Waals surface area contributed by atoms with Gasteiger partial charge in [-0.05, 0) is 32.1 Å². The average Bonchev–Trinajstić information content (AvgIpc) is 2.76. The Hall–Kier alpha value is -1.62. The van der Waals surface area contributed by atoms with Crippen LogP contribution < -0.4 is 5.73 Å². The topological polar surface area (TPSA) is 78.6 Å². The Morgan fingerprint density at radius 3 is 1.61 bits per heavy atom. The second-order valence-electron chi connectivity index (χ2n) is 8.06. The fraction of sp³-hybridized carbons (Fsp3) is 0.769. The van der Waals surface area contributed by atoms with Gasteiger partial charge in [-0.3, -0.25) is 0 Å². The number of ether oxygens (including phenoxy) is 2. The van der Waals surface area contributed by atoms with Crippen LogP contribution in [0.2, 0.25) is 0 Å². The third-order valence-electron chi connectivity index (χ3n) is 5.17. The number of hydrogen-bond acceptors (Lipinski definition) is 5. The van der Waals surface area contributed by atoms with Crippen molar-refractivity contribution < 1.29 is 19.1 Å². The molecule has 0 atom stereocenters. The number of rotatable bonds is 18. The molecule has 0 unspecified atom stereocenters. The first-order valence-corrected chi connectivity index (χ1v) is 12.2. The number of carbonyl (C=O) groups is 2. The Morgan fingerprint density at radius 2 is 1.19 bits per heavy atom. The van der Waals surface area contributed by atoms with Gasteiger partial charge >= 0.3 is 11.9 Å². The molecule has 0 bridgehead atoms. The maximum Gasteiger partial charge on any atom is 0.333 e. The lowest BCUT2D eigenvalue weighted by Gasteiger charge is -2.14. The molecule has 0 saturated carbocycles. The maximum absolute atomic E-state index is 11.3. The van der Waals surface area contributed by atoms with Gasteiger partial charge in [0.1, 0.15) is 6.61 Å². The van der Waals surface area contributed by atoms with E-state index in [0.717, 1.165) is 19.3 Å².